The van der Waals surface area contributed by atoms with Crippen LogP contribution in [0.4, 0.5) is 0 Å². The number of amides is 1. The molecule has 5 nitrogen and oxygen atoms in total. The van der Waals surface area contributed by atoms with Crippen molar-refractivity contribution in [2.45, 2.75) is 32.7 Å². The second kappa shape index (κ2) is 6.72. The quantitative estimate of drug-likeness (QED) is 0.923. The van der Waals surface area contributed by atoms with Crippen LogP contribution in [0.2, 0.25) is 0 Å². The second-order valence-electron chi connectivity index (χ2n) is 7.63. The lowest BCUT2D eigenvalue weighted by atomic mass is 9.84. The van der Waals surface area contributed by atoms with Gasteiger partial charge in [0, 0.05) is 24.8 Å². The Hall–Kier alpha value is -2.40. The van der Waals surface area contributed by atoms with Crippen molar-refractivity contribution in [1.82, 2.24) is 14.8 Å². The summed E-state index contributed by atoms with van der Waals surface area (Å²) in [6.45, 7) is 7.24. The van der Waals surface area contributed by atoms with Crippen LogP contribution in [0.1, 0.15) is 34.3 Å². The number of piperidine rings is 3. The van der Waals surface area contributed by atoms with E-state index >= 15 is 0 Å². The molecule has 5 rings (SSSR count). The van der Waals surface area contributed by atoms with Crippen LogP contribution in [0.5, 0.6) is 0 Å². The van der Waals surface area contributed by atoms with Gasteiger partial charge in [-0.05, 0) is 63.4 Å². The normalized spacial score (nSPS) is 24.5. The molecule has 1 amide bonds. The maximum atomic E-state index is 12.8. The molecule has 3 aliphatic rings. The van der Waals surface area contributed by atoms with E-state index in [-0.39, 0.29) is 17.5 Å². The summed E-state index contributed by atoms with van der Waals surface area (Å²) in [4.78, 5) is 27.5. The van der Waals surface area contributed by atoms with Gasteiger partial charge in [-0.2, -0.15) is 0 Å². The number of carbonyl (C=O) groups is 1. The molecule has 3 aliphatic heterocycles. The molecule has 1 unspecified atom stereocenters. The summed E-state index contributed by atoms with van der Waals surface area (Å²) < 4.78 is 1.57. The van der Waals surface area contributed by atoms with Crippen LogP contribution in [0.15, 0.2) is 41.3 Å². The molecule has 3 saturated heterocycles. The highest BCUT2D eigenvalue weighted by molar-refractivity contribution is 5.94. The standard InChI is InChI=1S/C21H25N3O2/c1-14-3-5-19(15(2)11-14)24-12-17(4-6-20(24)25)21(26)22-18-13-23-9-7-16(18)8-10-23/h3-6,11-12,16,18H,7-10,13H2,1-2H3,(H,22,26). The van der Waals surface area contributed by atoms with Gasteiger partial charge in [-0.15, -0.1) is 0 Å². The Balaban J connectivity index is 1.59. The van der Waals surface area contributed by atoms with Gasteiger partial charge in [-0.1, -0.05) is 17.7 Å². The lowest BCUT2D eigenvalue weighted by Crippen LogP contribution is -2.57. The van der Waals surface area contributed by atoms with Gasteiger partial charge in [0.25, 0.3) is 11.5 Å². The van der Waals surface area contributed by atoms with E-state index in [9.17, 15) is 9.59 Å². The van der Waals surface area contributed by atoms with Crippen molar-refractivity contribution in [1.29, 1.82) is 0 Å². The molecule has 2 bridgehead atoms. The summed E-state index contributed by atoms with van der Waals surface area (Å²) in [6, 6.07) is 9.27. The predicted molar refractivity (Wildman–Crippen MR) is 102 cm³/mol. The molecule has 26 heavy (non-hydrogen) atoms. The third-order valence-corrected chi connectivity index (χ3v) is 5.76. The Kier molecular flexibility index (Phi) is 4.41. The Labute approximate surface area is 153 Å². The first kappa shape index (κ1) is 17.0. The Morgan fingerprint density at radius 3 is 2.54 bits per heavy atom. The number of hydrogen-bond acceptors (Lipinski definition) is 3. The molecule has 1 aromatic heterocycles. The highest BCUT2D eigenvalue weighted by Gasteiger charge is 2.35. The van der Waals surface area contributed by atoms with Gasteiger partial charge in [0.1, 0.15) is 0 Å². The number of benzene rings is 1. The Morgan fingerprint density at radius 2 is 1.88 bits per heavy atom. The van der Waals surface area contributed by atoms with E-state index in [4.69, 9.17) is 0 Å². The first-order valence-corrected chi connectivity index (χ1v) is 9.35. The monoisotopic (exact) mass is 351 g/mol. The zero-order valence-corrected chi connectivity index (χ0v) is 15.4. The van der Waals surface area contributed by atoms with Crippen LogP contribution >= 0.6 is 0 Å². The van der Waals surface area contributed by atoms with Crippen LogP contribution in [0.3, 0.4) is 0 Å². The van der Waals surface area contributed by atoms with E-state index in [2.05, 4.69) is 10.2 Å². The minimum Gasteiger partial charge on any atom is -0.348 e. The number of fused-ring (bicyclic) bond motifs is 3. The van der Waals surface area contributed by atoms with Gasteiger partial charge >= 0.3 is 0 Å². The molecular weight excluding hydrogens is 326 g/mol. The number of rotatable bonds is 3. The summed E-state index contributed by atoms with van der Waals surface area (Å²) in [6.07, 6.45) is 3.98. The first-order valence-electron chi connectivity index (χ1n) is 9.35. The van der Waals surface area contributed by atoms with Crippen molar-refractivity contribution >= 4 is 5.91 Å². The average molecular weight is 351 g/mol. The molecule has 0 saturated carbocycles. The largest absolute Gasteiger partial charge is 0.348 e. The summed E-state index contributed by atoms with van der Waals surface area (Å²) in [5.74, 6) is 0.483. The van der Waals surface area contributed by atoms with Crippen LogP contribution in [0.25, 0.3) is 5.69 Å². The van der Waals surface area contributed by atoms with Crippen LogP contribution in [-0.2, 0) is 0 Å². The van der Waals surface area contributed by atoms with E-state index in [0.29, 0.717) is 11.5 Å². The van der Waals surface area contributed by atoms with E-state index in [1.54, 1.807) is 16.8 Å². The van der Waals surface area contributed by atoms with Gasteiger partial charge in [-0.3, -0.25) is 14.2 Å². The van der Waals surface area contributed by atoms with E-state index in [0.717, 1.165) is 49.3 Å². The average Bonchev–Trinajstić information content (AvgIpc) is 2.63. The van der Waals surface area contributed by atoms with Crippen LogP contribution in [-0.4, -0.2) is 41.1 Å². The number of nitrogens with one attached hydrogen (secondary N) is 1. The van der Waals surface area contributed by atoms with Crippen molar-refractivity contribution in [3.05, 3.63) is 63.6 Å². The van der Waals surface area contributed by atoms with Crippen molar-refractivity contribution in [3.63, 3.8) is 0 Å². The SMILES string of the molecule is Cc1ccc(-n2cc(C(=O)NC3CN4CCC3CC4)ccc2=O)c(C)c1. The van der Waals surface area contributed by atoms with Gasteiger partial charge in [0.05, 0.1) is 11.3 Å². The molecule has 0 spiro atoms. The first-order chi connectivity index (χ1) is 12.5. The maximum Gasteiger partial charge on any atom is 0.255 e. The predicted octanol–water partition coefficient (Wildman–Crippen LogP) is 2.28. The molecular formula is C21H25N3O2. The molecule has 2 aromatic rings. The number of aromatic nitrogens is 1. The summed E-state index contributed by atoms with van der Waals surface area (Å²) in [7, 11) is 0. The number of nitrogens with zero attached hydrogens (tertiary/aromatic N) is 2. The maximum absolute atomic E-state index is 12.8. The smallest absolute Gasteiger partial charge is 0.255 e. The fourth-order valence-corrected chi connectivity index (χ4v) is 4.27. The highest BCUT2D eigenvalue weighted by atomic mass is 16.2. The van der Waals surface area contributed by atoms with Crippen LogP contribution < -0.4 is 10.9 Å². The minimum atomic E-state index is -0.128. The summed E-state index contributed by atoms with van der Waals surface area (Å²) in [5, 5.41) is 3.19. The topological polar surface area (TPSA) is 54.3 Å². The molecule has 5 heteroatoms. The van der Waals surface area contributed by atoms with Gasteiger partial charge in [0.15, 0.2) is 0 Å². The summed E-state index contributed by atoms with van der Waals surface area (Å²) >= 11 is 0. The highest BCUT2D eigenvalue weighted by Crippen LogP contribution is 2.27. The van der Waals surface area contributed by atoms with Crippen molar-refractivity contribution in [2.24, 2.45) is 5.92 Å². The molecule has 0 aliphatic carbocycles. The van der Waals surface area contributed by atoms with Gasteiger partial charge in [-0.25, -0.2) is 0 Å². The molecule has 136 valence electrons. The molecule has 0 radical (unpaired) electrons. The molecule has 1 N–H and O–H groups in total. The van der Waals surface area contributed by atoms with Crippen molar-refractivity contribution in [3.8, 4) is 5.69 Å². The number of aryl methyl sites for hydroxylation is 2. The van der Waals surface area contributed by atoms with Crippen molar-refractivity contribution < 1.29 is 4.79 Å². The fraction of sp³-hybridized carbons (Fsp3) is 0.429. The third kappa shape index (κ3) is 3.19. The fourth-order valence-electron chi connectivity index (χ4n) is 4.27. The van der Waals surface area contributed by atoms with Crippen molar-refractivity contribution in [2.75, 3.05) is 19.6 Å². The molecule has 4 heterocycles. The zero-order chi connectivity index (χ0) is 18.3. The van der Waals surface area contributed by atoms with E-state index < -0.39 is 0 Å². The Morgan fingerprint density at radius 1 is 1.12 bits per heavy atom. The minimum absolute atomic E-state index is 0.0951. The number of hydrogen-bond donors (Lipinski definition) is 1. The lowest BCUT2D eigenvalue weighted by Gasteiger charge is -2.44. The number of carbonyl (C=O) groups excluding carboxylic acids is 1. The lowest BCUT2D eigenvalue weighted by molar-refractivity contribution is 0.0620. The van der Waals surface area contributed by atoms with E-state index in [1.165, 1.54) is 6.07 Å². The molecule has 1 aromatic carbocycles. The van der Waals surface area contributed by atoms with E-state index in [1.807, 2.05) is 32.0 Å². The zero-order valence-electron chi connectivity index (χ0n) is 15.4. The van der Waals surface area contributed by atoms with Crippen LogP contribution in [0, 0.1) is 19.8 Å². The van der Waals surface area contributed by atoms with Gasteiger partial charge < -0.3 is 10.2 Å². The Bertz CT molecular complexity index is 894. The number of pyridine rings is 1. The third-order valence-electron chi connectivity index (χ3n) is 5.76. The summed E-state index contributed by atoms with van der Waals surface area (Å²) in [5.41, 5.74) is 3.38. The van der Waals surface area contributed by atoms with Gasteiger partial charge in [0.2, 0.25) is 0 Å². The molecule has 3 fully saturated rings. The molecule has 1 atom stereocenters. The second-order valence-corrected chi connectivity index (χ2v) is 7.63.